The number of halogens is 1. The Morgan fingerprint density at radius 1 is 1.21 bits per heavy atom. The summed E-state index contributed by atoms with van der Waals surface area (Å²) in [5, 5.41) is 26.1. The molecule has 4 unspecified atom stereocenters. The molecule has 1 saturated heterocycles. The number of hydrogen-bond donors (Lipinski definition) is 4. The smallest absolute Gasteiger partial charge is 0.245 e. The van der Waals surface area contributed by atoms with Gasteiger partial charge in [-0.3, -0.25) is 9.59 Å². The molecule has 2 aliphatic rings. The number of rotatable bonds is 7. The number of aliphatic hydroxyl groups is 2. The summed E-state index contributed by atoms with van der Waals surface area (Å²) in [6.45, 7) is 8.76. The maximum Gasteiger partial charge on any atom is 0.245 e. The average molecular weight is 494 g/mol. The van der Waals surface area contributed by atoms with Gasteiger partial charge in [0.25, 0.3) is 0 Å². The molecular formula is C26H40ClN3O4. The molecule has 4 atom stereocenters. The fraction of sp³-hybridized carbons (Fsp3) is 0.692. The summed E-state index contributed by atoms with van der Waals surface area (Å²) < 4.78 is 0. The Hall–Kier alpha value is -1.67. The van der Waals surface area contributed by atoms with Gasteiger partial charge in [0.05, 0.1) is 17.1 Å². The molecule has 2 fully saturated rings. The molecule has 0 radical (unpaired) electrons. The zero-order valence-electron chi connectivity index (χ0n) is 20.8. The first-order chi connectivity index (χ1) is 15.8. The van der Waals surface area contributed by atoms with Crippen LogP contribution in [0, 0.1) is 17.3 Å². The lowest BCUT2D eigenvalue weighted by atomic mass is 9.66. The molecule has 7 nitrogen and oxygen atoms in total. The first kappa shape index (κ1) is 26.9. The predicted molar refractivity (Wildman–Crippen MR) is 133 cm³/mol. The molecule has 190 valence electrons. The quantitative estimate of drug-likeness (QED) is 0.466. The molecule has 8 heteroatoms. The second kappa shape index (κ2) is 10.1. The van der Waals surface area contributed by atoms with E-state index >= 15 is 0 Å². The number of nitrogens with one attached hydrogen (secondary N) is 1. The van der Waals surface area contributed by atoms with E-state index in [4.69, 9.17) is 17.3 Å². The fourth-order valence-electron chi connectivity index (χ4n) is 5.71. The maximum absolute atomic E-state index is 13.6. The topological polar surface area (TPSA) is 116 Å². The Labute approximate surface area is 208 Å². The summed E-state index contributed by atoms with van der Waals surface area (Å²) in [5.74, 6) is -1.12. The molecule has 0 spiro atoms. The van der Waals surface area contributed by atoms with Crippen LogP contribution in [0.4, 0.5) is 0 Å². The molecule has 2 amide bonds. The first-order valence-corrected chi connectivity index (χ1v) is 12.7. The van der Waals surface area contributed by atoms with E-state index in [1.165, 1.54) is 0 Å². The van der Waals surface area contributed by atoms with E-state index in [0.717, 1.165) is 12.0 Å². The van der Waals surface area contributed by atoms with Crippen molar-refractivity contribution in [1.82, 2.24) is 10.2 Å². The number of carbonyl (C=O) groups is 2. The van der Waals surface area contributed by atoms with E-state index in [-0.39, 0.29) is 17.7 Å². The number of hydrogen-bond acceptors (Lipinski definition) is 5. The Balaban J connectivity index is 1.74. The number of nitrogens with two attached hydrogens (primary N) is 1. The molecule has 1 aliphatic heterocycles. The van der Waals surface area contributed by atoms with Gasteiger partial charge in [-0.1, -0.05) is 51.4 Å². The highest BCUT2D eigenvalue weighted by atomic mass is 35.5. The van der Waals surface area contributed by atoms with Crippen LogP contribution in [0.5, 0.6) is 0 Å². The fourth-order valence-corrected chi connectivity index (χ4v) is 5.84. The second-order valence-corrected chi connectivity index (χ2v) is 11.5. The number of nitrogens with zero attached hydrogens (tertiary/aromatic N) is 1. The Bertz CT molecular complexity index is 891. The zero-order valence-corrected chi connectivity index (χ0v) is 21.6. The van der Waals surface area contributed by atoms with Gasteiger partial charge in [-0.2, -0.15) is 0 Å². The van der Waals surface area contributed by atoms with E-state index in [0.29, 0.717) is 50.3 Å². The molecule has 3 rings (SSSR count). The lowest BCUT2D eigenvalue weighted by Crippen LogP contribution is -2.61. The van der Waals surface area contributed by atoms with Crippen molar-refractivity contribution in [2.45, 2.75) is 77.0 Å². The van der Waals surface area contributed by atoms with Gasteiger partial charge in [-0.25, -0.2) is 0 Å². The van der Waals surface area contributed by atoms with E-state index in [2.05, 4.69) is 5.32 Å². The average Bonchev–Trinajstić information content (AvgIpc) is 3.15. The van der Waals surface area contributed by atoms with Crippen LogP contribution in [0.25, 0.3) is 0 Å². The Morgan fingerprint density at radius 3 is 2.41 bits per heavy atom. The van der Waals surface area contributed by atoms with Crippen LogP contribution >= 0.6 is 11.6 Å². The number of likely N-dealkylation sites (tertiary alicyclic amines) is 1. The van der Waals surface area contributed by atoms with Crippen molar-refractivity contribution in [3.63, 3.8) is 0 Å². The minimum Gasteiger partial charge on any atom is -0.389 e. The van der Waals surface area contributed by atoms with Crippen LogP contribution in [-0.4, -0.2) is 58.2 Å². The first-order valence-electron chi connectivity index (χ1n) is 12.3. The minimum absolute atomic E-state index is 0.124. The van der Waals surface area contributed by atoms with Crippen LogP contribution in [0.15, 0.2) is 24.3 Å². The molecule has 0 bridgehead atoms. The lowest BCUT2D eigenvalue weighted by molar-refractivity contribution is -0.157. The van der Waals surface area contributed by atoms with Gasteiger partial charge in [0, 0.05) is 23.5 Å². The van der Waals surface area contributed by atoms with Gasteiger partial charge < -0.3 is 26.2 Å². The molecule has 34 heavy (non-hydrogen) atoms. The van der Waals surface area contributed by atoms with Crippen molar-refractivity contribution in [2.24, 2.45) is 23.0 Å². The van der Waals surface area contributed by atoms with Crippen LogP contribution in [0.1, 0.15) is 65.4 Å². The van der Waals surface area contributed by atoms with Gasteiger partial charge in [0.15, 0.2) is 0 Å². The summed E-state index contributed by atoms with van der Waals surface area (Å²) in [6, 6.07) is 6.50. The monoisotopic (exact) mass is 493 g/mol. The molecule has 1 aromatic carbocycles. The maximum atomic E-state index is 13.6. The van der Waals surface area contributed by atoms with Crippen molar-refractivity contribution in [3.05, 3.63) is 34.9 Å². The van der Waals surface area contributed by atoms with Gasteiger partial charge in [0.2, 0.25) is 11.8 Å². The Kier molecular flexibility index (Phi) is 8.03. The molecule has 1 aliphatic carbocycles. The van der Waals surface area contributed by atoms with Crippen molar-refractivity contribution in [3.8, 4) is 0 Å². The summed E-state index contributed by atoms with van der Waals surface area (Å²) in [6.07, 6.45) is 2.65. The van der Waals surface area contributed by atoms with Crippen LogP contribution in [0.3, 0.4) is 0 Å². The third kappa shape index (κ3) is 5.13. The van der Waals surface area contributed by atoms with E-state index < -0.39 is 28.6 Å². The molecule has 1 saturated carbocycles. The summed E-state index contributed by atoms with van der Waals surface area (Å²) >= 11 is 6.03. The van der Waals surface area contributed by atoms with Gasteiger partial charge in [-0.05, 0) is 62.3 Å². The number of piperidine rings is 1. The van der Waals surface area contributed by atoms with Crippen LogP contribution < -0.4 is 11.1 Å². The van der Waals surface area contributed by atoms with E-state index in [1.54, 1.807) is 17.0 Å². The minimum atomic E-state index is -1.11. The third-order valence-corrected chi connectivity index (χ3v) is 8.21. The van der Waals surface area contributed by atoms with Crippen molar-refractivity contribution < 1.29 is 19.8 Å². The molecule has 5 N–H and O–H groups in total. The van der Waals surface area contributed by atoms with Crippen LogP contribution in [0.2, 0.25) is 5.02 Å². The predicted octanol–water partition coefficient (Wildman–Crippen LogP) is 2.81. The molecular weight excluding hydrogens is 454 g/mol. The van der Waals surface area contributed by atoms with E-state index in [9.17, 15) is 19.8 Å². The number of benzene rings is 1. The van der Waals surface area contributed by atoms with E-state index in [1.807, 2.05) is 39.8 Å². The van der Waals surface area contributed by atoms with Crippen molar-refractivity contribution in [1.29, 1.82) is 0 Å². The van der Waals surface area contributed by atoms with Gasteiger partial charge in [-0.15, -0.1) is 0 Å². The SMILES string of the molecule is CC(C)C(NC(=O)C1CCCC1(O)CCN)C(=O)N1CCC(O)(c2ccc(Cl)cc2)C(C)(C)C1. The highest BCUT2D eigenvalue weighted by Gasteiger charge is 2.51. The van der Waals surface area contributed by atoms with Crippen molar-refractivity contribution >= 4 is 23.4 Å². The number of carbonyl (C=O) groups excluding carboxylic acids is 2. The largest absolute Gasteiger partial charge is 0.389 e. The van der Waals surface area contributed by atoms with Gasteiger partial charge in [0.1, 0.15) is 6.04 Å². The van der Waals surface area contributed by atoms with Crippen LogP contribution in [-0.2, 0) is 15.2 Å². The molecule has 1 aromatic rings. The van der Waals surface area contributed by atoms with Crippen molar-refractivity contribution in [2.75, 3.05) is 19.6 Å². The molecule has 0 aromatic heterocycles. The zero-order chi connectivity index (χ0) is 25.3. The highest BCUT2D eigenvalue weighted by Crippen LogP contribution is 2.46. The summed E-state index contributed by atoms with van der Waals surface area (Å²) in [5.41, 5.74) is 3.62. The third-order valence-electron chi connectivity index (χ3n) is 7.96. The summed E-state index contributed by atoms with van der Waals surface area (Å²) in [7, 11) is 0. The normalized spacial score (nSPS) is 29.8. The standard InChI is InChI=1S/C26H40ClN3O4/c1-17(2)21(29-22(31)20-6-5-11-25(20,33)12-14-28)23(32)30-15-13-26(34,24(3,4)16-30)18-7-9-19(27)10-8-18/h7-10,17,20-21,33-34H,5-6,11-16,28H2,1-4H3,(H,29,31). The molecule has 1 heterocycles. The summed E-state index contributed by atoms with van der Waals surface area (Å²) in [4.78, 5) is 28.5. The lowest BCUT2D eigenvalue weighted by Gasteiger charge is -2.51. The van der Waals surface area contributed by atoms with Gasteiger partial charge >= 0.3 is 0 Å². The Morgan fingerprint density at radius 2 is 1.85 bits per heavy atom. The second-order valence-electron chi connectivity index (χ2n) is 11.1. The number of amides is 2. The highest BCUT2D eigenvalue weighted by molar-refractivity contribution is 6.30.